The van der Waals surface area contributed by atoms with Gasteiger partial charge in [-0.1, -0.05) is 0 Å². The summed E-state index contributed by atoms with van der Waals surface area (Å²) in [6, 6.07) is 5.12. The van der Waals surface area contributed by atoms with Gasteiger partial charge in [0.1, 0.15) is 17.5 Å². The molecule has 1 N–H and O–H groups in total. The number of anilines is 3. The van der Waals surface area contributed by atoms with Gasteiger partial charge in [0.2, 0.25) is 5.95 Å². The Bertz CT molecular complexity index is 652. The summed E-state index contributed by atoms with van der Waals surface area (Å²) >= 11 is 0. The van der Waals surface area contributed by atoms with Gasteiger partial charge in [-0.25, -0.2) is 14.4 Å². The average Bonchev–Trinajstić information content (AvgIpc) is 2.55. The minimum Gasteiger partial charge on any atom is -0.370 e. The van der Waals surface area contributed by atoms with Crippen molar-refractivity contribution in [2.75, 3.05) is 47.8 Å². The maximum absolute atomic E-state index is 13.0. The van der Waals surface area contributed by atoms with E-state index in [0.29, 0.717) is 0 Å². The molecule has 0 aromatic carbocycles. The predicted molar refractivity (Wildman–Crippen MR) is 89.6 cm³/mol. The van der Waals surface area contributed by atoms with Gasteiger partial charge >= 0.3 is 0 Å². The van der Waals surface area contributed by atoms with Gasteiger partial charge in [0, 0.05) is 44.5 Å². The van der Waals surface area contributed by atoms with E-state index in [0.717, 1.165) is 56.0 Å². The Labute approximate surface area is 135 Å². The van der Waals surface area contributed by atoms with Crippen LogP contribution in [0.1, 0.15) is 12.6 Å². The Kier molecular flexibility index (Phi) is 4.55. The van der Waals surface area contributed by atoms with Gasteiger partial charge in [-0.15, -0.1) is 0 Å². The summed E-state index contributed by atoms with van der Waals surface area (Å²) in [7, 11) is 0. The lowest BCUT2D eigenvalue weighted by Crippen LogP contribution is -2.47. The predicted octanol–water partition coefficient (Wildman–Crippen LogP) is 2.08. The van der Waals surface area contributed by atoms with Crippen molar-refractivity contribution in [3.05, 3.63) is 35.9 Å². The van der Waals surface area contributed by atoms with Crippen LogP contribution in [0.15, 0.2) is 24.4 Å². The van der Waals surface area contributed by atoms with Crippen LogP contribution in [-0.4, -0.2) is 47.7 Å². The molecule has 1 aliphatic rings. The van der Waals surface area contributed by atoms with Gasteiger partial charge in [0.25, 0.3) is 0 Å². The average molecular weight is 316 g/mol. The Hall–Kier alpha value is -2.44. The van der Waals surface area contributed by atoms with Crippen LogP contribution in [-0.2, 0) is 0 Å². The van der Waals surface area contributed by atoms with E-state index in [4.69, 9.17) is 0 Å². The number of hydrogen-bond acceptors (Lipinski definition) is 6. The third kappa shape index (κ3) is 3.67. The molecule has 2 aromatic heterocycles. The number of aromatic nitrogens is 3. The summed E-state index contributed by atoms with van der Waals surface area (Å²) in [5.74, 6) is 2.12. The van der Waals surface area contributed by atoms with Crippen molar-refractivity contribution < 1.29 is 4.39 Å². The Balaban J connectivity index is 1.68. The number of halogens is 1. The van der Waals surface area contributed by atoms with Crippen LogP contribution in [0, 0.1) is 12.7 Å². The van der Waals surface area contributed by atoms with E-state index in [9.17, 15) is 4.39 Å². The van der Waals surface area contributed by atoms with Crippen molar-refractivity contribution in [3.63, 3.8) is 0 Å². The quantitative estimate of drug-likeness (QED) is 0.932. The standard InChI is InChI=1S/C16H21FN6/c1-3-18-14-10-12(2)20-16(21-14)23-8-6-22(7-9-23)15-5-4-13(17)11-19-15/h4-5,10-11H,3,6-9H2,1-2H3,(H,18,20,21). The number of nitrogens with one attached hydrogen (secondary N) is 1. The van der Waals surface area contributed by atoms with Crippen LogP contribution in [0.3, 0.4) is 0 Å². The summed E-state index contributed by atoms with van der Waals surface area (Å²) in [5, 5.41) is 3.23. The molecule has 122 valence electrons. The normalized spacial score (nSPS) is 14.9. The second-order valence-electron chi connectivity index (χ2n) is 5.53. The van der Waals surface area contributed by atoms with Crippen LogP contribution in [0.2, 0.25) is 0 Å². The van der Waals surface area contributed by atoms with E-state index in [2.05, 4.69) is 30.1 Å². The van der Waals surface area contributed by atoms with Gasteiger partial charge in [0.05, 0.1) is 6.20 Å². The molecule has 3 rings (SSSR count). The number of aryl methyl sites for hydroxylation is 1. The zero-order valence-corrected chi connectivity index (χ0v) is 13.5. The fourth-order valence-electron chi connectivity index (χ4n) is 2.66. The van der Waals surface area contributed by atoms with E-state index in [1.807, 2.05) is 19.9 Å². The fraction of sp³-hybridized carbons (Fsp3) is 0.438. The smallest absolute Gasteiger partial charge is 0.227 e. The van der Waals surface area contributed by atoms with E-state index in [-0.39, 0.29) is 5.82 Å². The van der Waals surface area contributed by atoms with Gasteiger partial charge in [-0.05, 0) is 26.0 Å². The van der Waals surface area contributed by atoms with Crippen molar-refractivity contribution in [1.29, 1.82) is 0 Å². The highest BCUT2D eigenvalue weighted by Gasteiger charge is 2.20. The number of rotatable bonds is 4. The molecular formula is C16H21FN6. The number of hydrogen-bond donors (Lipinski definition) is 1. The van der Waals surface area contributed by atoms with Crippen molar-refractivity contribution in [2.45, 2.75) is 13.8 Å². The molecule has 1 saturated heterocycles. The first-order chi connectivity index (χ1) is 11.2. The van der Waals surface area contributed by atoms with Crippen molar-refractivity contribution in [3.8, 4) is 0 Å². The van der Waals surface area contributed by atoms with E-state index in [1.54, 1.807) is 6.07 Å². The first-order valence-corrected chi connectivity index (χ1v) is 7.86. The third-order valence-corrected chi connectivity index (χ3v) is 3.80. The molecule has 7 heteroatoms. The number of piperazine rings is 1. The first-order valence-electron chi connectivity index (χ1n) is 7.86. The molecule has 6 nitrogen and oxygen atoms in total. The molecule has 2 aromatic rings. The van der Waals surface area contributed by atoms with Crippen molar-refractivity contribution >= 4 is 17.6 Å². The molecule has 0 saturated carbocycles. The Morgan fingerprint density at radius 3 is 2.52 bits per heavy atom. The molecule has 1 fully saturated rings. The second-order valence-corrected chi connectivity index (χ2v) is 5.53. The lowest BCUT2D eigenvalue weighted by atomic mass is 10.3. The molecule has 0 radical (unpaired) electrons. The van der Waals surface area contributed by atoms with Crippen LogP contribution in [0.5, 0.6) is 0 Å². The number of nitrogens with zero attached hydrogens (tertiary/aromatic N) is 5. The Morgan fingerprint density at radius 2 is 1.87 bits per heavy atom. The third-order valence-electron chi connectivity index (χ3n) is 3.80. The molecule has 0 amide bonds. The molecule has 23 heavy (non-hydrogen) atoms. The van der Waals surface area contributed by atoms with E-state index < -0.39 is 0 Å². The maximum Gasteiger partial charge on any atom is 0.227 e. The molecule has 3 heterocycles. The molecule has 0 bridgehead atoms. The highest BCUT2D eigenvalue weighted by molar-refractivity contribution is 5.46. The van der Waals surface area contributed by atoms with E-state index >= 15 is 0 Å². The monoisotopic (exact) mass is 316 g/mol. The summed E-state index contributed by atoms with van der Waals surface area (Å²) in [6.07, 6.45) is 1.26. The first kappa shape index (κ1) is 15.5. The summed E-state index contributed by atoms with van der Waals surface area (Å²) in [6.45, 7) is 8.11. The summed E-state index contributed by atoms with van der Waals surface area (Å²) in [4.78, 5) is 17.6. The molecular weight excluding hydrogens is 295 g/mol. The highest BCUT2D eigenvalue weighted by Crippen LogP contribution is 2.18. The summed E-state index contributed by atoms with van der Waals surface area (Å²) < 4.78 is 13.0. The lowest BCUT2D eigenvalue weighted by Gasteiger charge is -2.35. The minimum atomic E-state index is -0.309. The van der Waals surface area contributed by atoms with Crippen LogP contribution < -0.4 is 15.1 Å². The summed E-state index contributed by atoms with van der Waals surface area (Å²) in [5.41, 5.74) is 0.952. The lowest BCUT2D eigenvalue weighted by molar-refractivity contribution is 0.612. The topological polar surface area (TPSA) is 57.2 Å². The fourth-order valence-corrected chi connectivity index (χ4v) is 2.66. The molecule has 0 unspecified atom stereocenters. The van der Waals surface area contributed by atoms with Gasteiger partial charge in [-0.3, -0.25) is 0 Å². The van der Waals surface area contributed by atoms with Crippen molar-refractivity contribution in [1.82, 2.24) is 15.0 Å². The SMILES string of the molecule is CCNc1cc(C)nc(N2CCN(c3ccc(F)cn3)CC2)n1. The largest absolute Gasteiger partial charge is 0.370 e. The van der Waals surface area contributed by atoms with Crippen molar-refractivity contribution in [2.24, 2.45) is 0 Å². The van der Waals surface area contributed by atoms with Gasteiger partial charge < -0.3 is 15.1 Å². The molecule has 0 spiro atoms. The molecule has 0 aliphatic carbocycles. The van der Waals surface area contributed by atoms with E-state index in [1.165, 1.54) is 12.3 Å². The van der Waals surface area contributed by atoms with Crippen LogP contribution in [0.25, 0.3) is 0 Å². The number of pyridine rings is 1. The highest BCUT2D eigenvalue weighted by atomic mass is 19.1. The van der Waals surface area contributed by atoms with Gasteiger partial charge in [0.15, 0.2) is 0 Å². The maximum atomic E-state index is 13.0. The molecule has 1 aliphatic heterocycles. The van der Waals surface area contributed by atoms with Crippen LogP contribution >= 0.6 is 0 Å². The molecule has 0 atom stereocenters. The zero-order chi connectivity index (χ0) is 16.2. The minimum absolute atomic E-state index is 0.309. The Morgan fingerprint density at radius 1 is 1.13 bits per heavy atom. The van der Waals surface area contributed by atoms with Crippen LogP contribution in [0.4, 0.5) is 22.0 Å². The van der Waals surface area contributed by atoms with Gasteiger partial charge in [-0.2, -0.15) is 4.98 Å². The zero-order valence-electron chi connectivity index (χ0n) is 13.5. The second kappa shape index (κ2) is 6.76.